The Bertz CT molecular complexity index is 924. The van der Waals surface area contributed by atoms with E-state index < -0.39 is 11.6 Å². The number of benzene rings is 2. The molecule has 3 rings (SSSR count). The van der Waals surface area contributed by atoms with Gasteiger partial charge < -0.3 is 10.3 Å². The number of nitrogens with zero attached hydrogens (tertiary/aromatic N) is 3. The van der Waals surface area contributed by atoms with Crippen LogP contribution in [-0.4, -0.2) is 14.8 Å². The Balaban J connectivity index is 0.00000225. The van der Waals surface area contributed by atoms with E-state index in [1.165, 1.54) is 3.96 Å². The quantitative estimate of drug-likeness (QED) is 0.604. The van der Waals surface area contributed by atoms with Crippen molar-refractivity contribution < 1.29 is 56.2 Å². The molecule has 2 aromatic carbocycles. The molecular formula is C16H10Cl2KN3O2S. The predicted molar refractivity (Wildman–Crippen MR) is 95.7 cm³/mol. The molecule has 3 aromatic rings. The van der Waals surface area contributed by atoms with Crippen LogP contribution in [0, 0.1) is 0 Å². The second-order valence-corrected chi connectivity index (χ2v) is 6.72. The minimum atomic E-state index is -0.473. The summed E-state index contributed by atoms with van der Waals surface area (Å²) in [4.78, 5) is 27.8. The van der Waals surface area contributed by atoms with Gasteiger partial charge in [-0.25, -0.2) is 0 Å². The van der Waals surface area contributed by atoms with Crippen LogP contribution in [0.25, 0.3) is 5.32 Å². The first kappa shape index (κ1) is 20.8. The molecule has 25 heavy (non-hydrogen) atoms. The van der Waals surface area contributed by atoms with Gasteiger partial charge in [-0.15, -0.1) is 0 Å². The van der Waals surface area contributed by atoms with Crippen LogP contribution in [0.4, 0.5) is 5.13 Å². The molecule has 5 nitrogen and oxygen atoms in total. The van der Waals surface area contributed by atoms with Crippen LogP contribution < -0.4 is 57.1 Å². The average molecular weight is 418 g/mol. The van der Waals surface area contributed by atoms with Crippen LogP contribution in [0.3, 0.4) is 0 Å². The summed E-state index contributed by atoms with van der Waals surface area (Å²) in [7, 11) is 0. The Morgan fingerprint density at radius 2 is 1.60 bits per heavy atom. The molecule has 0 aliphatic carbocycles. The molecule has 1 heterocycles. The number of carbonyl (C=O) groups excluding carboxylic acids is 1. The molecule has 9 heteroatoms. The summed E-state index contributed by atoms with van der Waals surface area (Å²) >= 11 is 12.6. The summed E-state index contributed by atoms with van der Waals surface area (Å²) in [5, 5.41) is 5.15. The Labute approximate surface area is 200 Å². The van der Waals surface area contributed by atoms with E-state index in [2.05, 4.69) is 10.3 Å². The number of rotatable bonds is 4. The number of amides is 1. The number of carbonyl (C=O) groups is 1. The van der Waals surface area contributed by atoms with Gasteiger partial charge in [0.2, 0.25) is 0 Å². The van der Waals surface area contributed by atoms with Gasteiger partial charge in [0.05, 0.1) is 6.54 Å². The Morgan fingerprint density at radius 1 is 1.04 bits per heavy atom. The fraction of sp³-hybridized carbons (Fsp3) is 0.0625. The summed E-state index contributed by atoms with van der Waals surface area (Å²) in [6.07, 6.45) is 0. The Hall–Kier alpha value is -0.514. The predicted octanol–water partition coefficient (Wildman–Crippen LogP) is 1.51. The summed E-state index contributed by atoms with van der Waals surface area (Å²) in [5.41, 5.74) is 0.838. The van der Waals surface area contributed by atoms with E-state index in [0.29, 0.717) is 22.2 Å². The second kappa shape index (κ2) is 9.43. The number of hydrogen-bond donors (Lipinski definition) is 0. The van der Waals surface area contributed by atoms with Crippen molar-refractivity contribution in [3.63, 3.8) is 0 Å². The molecule has 0 radical (unpaired) electrons. The first-order chi connectivity index (χ1) is 11.5. The molecule has 0 aliphatic rings. The molecule has 0 spiro atoms. The third-order valence-corrected chi connectivity index (χ3v) is 4.48. The first-order valence-electron chi connectivity index (χ1n) is 6.85. The zero-order valence-electron chi connectivity index (χ0n) is 13.1. The number of hydrogen-bond acceptors (Lipinski definition) is 4. The van der Waals surface area contributed by atoms with E-state index in [9.17, 15) is 9.59 Å². The van der Waals surface area contributed by atoms with Crippen molar-refractivity contribution in [1.82, 2.24) is 8.94 Å². The summed E-state index contributed by atoms with van der Waals surface area (Å²) < 4.78 is 1.43. The normalized spacial score (nSPS) is 10.2. The molecular weight excluding hydrogens is 408 g/mol. The van der Waals surface area contributed by atoms with Crippen molar-refractivity contribution >= 4 is 45.8 Å². The molecule has 0 saturated carbocycles. The smallest absolute Gasteiger partial charge is 0.390 e. The van der Waals surface area contributed by atoms with E-state index in [4.69, 9.17) is 23.2 Å². The van der Waals surface area contributed by atoms with Crippen molar-refractivity contribution in [2.24, 2.45) is 0 Å². The van der Waals surface area contributed by atoms with Crippen molar-refractivity contribution in [3.8, 4) is 0 Å². The van der Waals surface area contributed by atoms with Gasteiger partial charge in [0, 0.05) is 20.7 Å². The fourth-order valence-electron chi connectivity index (χ4n) is 1.94. The van der Waals surface area contributed by atoms with E-state index in [1.54, 1.807) is 36.4 Å². The minimum Gasteiger partial charge on any atom is -0.390 e. The minimum absolute atomic E-state index is 0. The fourth-order valence-corrected chi connectivity index (χ4v) is 2.96. The third-order valence-electron chi connectivity index (χ3n) is 3.12. The molecule has 122 valence electrons. The molecule has 0 atom stereocenters. The van der Waals surface area contributed by atoms with Crippen molar-refractivity contribution in [3.05, 3.63) is 85.5 Å². The van der Waals surface area contributed by atoms with Crippen LogP contribution in [0.5, 0.6) is 0 Å². The molecule has 1 amide bonds. The monoisotopic (exact) mass is 417 g/mol. The van der Waals surface area contributed by atoms with E-state index in [-0.39, 0.29) is 56.5 Å². The number of halogens is 2. The van der Waals surface area contributed by atoms with Gasteiger partial charge >= 0.3 is 51.4 Å². The molecule has 0 aliphatic heterocycles. The molecule has 0 bridgehead atoms. The molecule has 0 saturated heterocycles. The first-order valence-corrected chi connectivity index (χ1v) is 8.38. The van der Waals surface area contributed by atoms with Gasteiger partial charge in [0.25, 0.3) is 5.69 Å². The topological polar surface area (TPSA) is 66.1 Å². The van der Waals surface area contributed by atoms with Crippen LogP contribution in [0.15, 0.2) is 53.3 Å². The Kier molecular flexibility index (Phi) is 7.84. The summed E-state index contributed by atoms with van der Waals surface area (Å²) in [6, 6.07) is 13.5. The maximum Gasteiger partial charge on any atom is 1.00 e. The zero-order valence-corrected chi connectivity index (χ0v) is 18.6. The van der Waals surface area contributed by atoms with E-state index in [0.717, 1.165) is 17.1 Å². The van der Waals surface area contributed by atoms with Gasteiger partial charge in [-0.05, 0) is 42.0 Å². The molecule has 1 aromatic heterocycles. The molecule has 0 unspecified atom stereocenters. The van der Waals surface area contributed by atoms with Gasteiger partial charge in [-0.2, -0.15) is 0 Å². The Morgan fingerprint density at radius 3 is 2.20 bits per heavy atom. The maximum atomic E-state index is 12.1. The summed E-state index contributed by atoms with van der Waals surface area (Å²) in [6.45, 7) is 0.346. The standard InChI is InChI=1S/C16H11Cl2N3O2S.K/c17-12-5-1-10(2-6-12)9-21-16(23)20-15(24-21)19-14(22)11-3-7-13(18)8-4-11;/h1-8H,9H2,(H,19,20,22,23);/q;+1/p-1. The van der Waals surface area contributed by atoms with Crippen LogP contribution >= 0.6 is 34.7 Å². The van der Waals surface area contributed by atoms with Crippen LogP contribution in [0.1, 0.15) is 15.9 Å². The van der Waals surface area contributed by atoms with Gasteiger partial charge in [0.1, 0.15) is 0 Å². The third kappa shape index (κ3) is 5.73. The second-order valence-electron chi connectivity index (χ2n) is 4.86. The summed E-state index contributed by atoms with van der Waals surface area (Å²) in [5.74, 6) is -0.473. The van der Waals surface area contributed by atoms with Gasteiger partial charge in [0.15, 0.2) is 5.91 Å². The molecule has 0 fully saturated rings. The van der Waals surface area contributed by atoms with Crippen molar-refractivity contribution in [2.75, 3.05) is 0 Å². The number of aromatic nitrogens is 2. The van der Waals surface area contributed by atoms with Crippen molar-refractivity contribution in [2.45, 2.75) is 6.54 Å². The maximum absolute atomic E-state index is 12.1. The van der Waals surface area contributed by atoms with Gasteiger partial charge in [-0.1, -0.05) is 46.9 Å². The zero-order chi connectivity index (χ0) is 17.1. The van der Waals surface area contributed by atoms with Crippen LogP contribution in [-0.2, 0) is 6.54 Å². The van der Waals surface area contributed by atoms with Crippen LogP contribution in [0.2, 0.25) is 10.0 Å². The van der Waals surface area contributed by atoms with E-state index >= 15 is 0 Å². The van der Waals surface area contributed by atoms with E-state index in [1.807, 2.05) is 12.1 Å². The van der Waals surface area contributed by atoms with Crippen molar-refractivity contribution in [1.29, 1.82) is 0 Å². The SMILES string of the molecule is O=C([N-]c1nc(=O)n(Cc2ccc(Cl)cc2)s1)c1ccc(Cl)cc1.[K+]. The largest absolute Gasteiger partial charge is 1.00 e. The molecule has 0 N–H and O–H groups in total. The average Bonchev–Trinajstić information content (AvgIpc) is 2.89. The van der Waals surface area contributed by atoms with Gasteiger partial charge in [-0.3, -0.25) is 13.5 Å².